The van der Waals surface area contributed by atoms with Gasteiger partial charge in [-0.15, -0.1) is 6.58 Å². The molecule has 3 rings (SSSR count). The number of hydrogen-bond acceptors (Lipinski definition) is 4. The minimum atomic E-state index is -4.34. The van der Waals surface area contributed by atoms with Gasteiger partial charge in [0, 0.05) is 31.0 Å². The predicted octanol–water partition coefficient (Wildman–Crippen LogP) is 4.77. The Balaban J connectivity index is 1.79. The van der Waals surface area contributed by atoms with Gasteiger partial charge in [0.2, 0.25) is 0 Å². The molecule has 1 aromatic carbocycles. The van der Waals surface area contributed by atoms with Gasteiger partial charge in [0.15, 0.2) is 10.6 Å². The maximum Gasteiger partial charge on any atom is 0.416 e. The van der Waals surface area contributed by atoms with Gasteiger partial charge < -0.3 is 0 Å². The van der Waals surface area contributed by atoms with Crippen LogP contribution in [0.3, 0.4) is 0 Å². The van der Waals surface area contributed by atoms with Crippen molar-refractivity contribution in [2.45, 2.75) is 25.9 Å². The van der Waals surface area contributed by atoms with E-state index in [1.54, 1.807) is 23.2 Å². The van der Waals surface area contributed by atoms with Crippen LogP contribution in [0.5, 0.6) is 0 Å². The molecule has 0 spiro atoms. The topological polar surface area (TPSA) is 38.9 Å². The summed E-state index contributed by atoms with van der Waals surface area (Å²) in [5, 5.41) is 4.62. The van der Waals surface area contributed by atoms with Crippen molar-refractivity contribution < 1.29 is 13.2 Å². The van der Waals surface area contributed by atoms with E-state index in [0.29, 0.717) is 30.4 Å². The number of alkyl halides is 3. The molecule has 0 atom stereocenters. The quantitative estimate of drug-likeness (QED) is 0.409. The third-order valence-corrected chi connectivity index (χ3v) is 4.69. The maximum atomic E-state index is 12.7. The summed E-state index contributed by atoms with van der Waals surface area (Å²) in [4.78, 5) is 6.06. The molecule has 0 saturated carbocycles. The lowest BCUT2D eigenvalue weighted by atomic mass is 10.1. The number of hydrogen-bond donors (Lipinski definition) is 0. The summed E-state index contributed by atoms with van der Waals surface area (Å²) in [6.07, 6.45) is 0.809. The third-order valence-electron chi connectivity index (χ3n) is 4.26. The molecule has 3 aromatic rings. The Labute approximate surface area is 171 Å². The Hall–Kier alpha value is -2.78. The average Bonchev–Trinajstić information content (AvgIpc) is 2.98. The van der Waals surface area contributed by atoms with Crippen molar-refractivity contribution in [3.05, 3.63) is 77.3 Å². The first kappa shape index (κ1) is 20.9. The first-order valence-electron chi connectivity index (χ1n) is 8.83. The molecule has 0 saturated heterocycles. The highest BCUT2D eigenvalue weighted by Gasteiger charge is 2.29. The zero-order valence-corrected chi connectivity index (χ0v) is 16.6. The molecule has 0 bridgehead atoms. The summed E-state index contributed by atoms with van der Waals surface area (Å²) in [7, 11) is 1.86. The molecule has 29 heavy (non-hydrogen) atoms. The van der Waals surface area contributed by atoms with Crippen LogP contribution in [0.15, 0.2) is 61.4 Å². The standard InChI is InChI=1S/C20H20F3N5S/c1-3-11-27-18(16-5-4-10-24-12-16)25-28(19(27)29)14-26(2)13-15-6-8-17(9-7-15)20(21,22)23/h3-10,12H,1,11,13-14H2,2H3. The van der Waals surface area contributed by atoms with Crippen molar-refractivity contribution in [1.82, 2.24) is 24.2 Å². The SMILES string of the molecule is C=CCn1c(-c2cccnc2)nn(CN(C)Cc2ccc(C(F)(F)F)cc2)c1=S. The molecule has 9 heteroatoms. The van der Waals surface area contributed by atoms with Crippen LogP contribution in [0, 0.1) is 4.77 Å². The third kappa shape index (κ3) is 4.99. The highest BCUT2D eigenvalue weighted by Crippen LogP contribution is 2.29. The van der Waals surface area contributed by atoms with Crippen LogP contribution in [0.4, 0.5) is 13.2 Å². The summed E-state index contributed by atoms with van der Waals surface area (Å²) in [5.41, 5.74) is 0.949. The summed E-state index contributed by atoms with van der Waals surface area (Å²) < 4.78 is 42.2. The highest BCUT2D eigenvalue weighted by atomic mass is 32.1. The zero-order valence-electron chi connectivity index (χ0n) is 15.8. The zero-order chi connectivity index (χ0) is 21.0. The number of benzene rings is 1. The van der Waals surface area contributed by atoms with Crippen molar-refractivity contribution in [3.63, 3.8) is 0 Å². The molecule has 2 heterocycles. The lowest BCUT2D eigenvalue weighted by Crippen LogP contribution is -2.22. The molecule has 0 aliphatic heterocycles. The maximum absolute atomic E-state index is 12.7. The number of halogens is 3. The van der Waals surface area contributed by atoms with Crippen molar-refractivity contribution in [2.24, 2.45) is 0 Å². The average molecular weight is 419 g/mol. The lowest BCUT2D eigenvalue weighted by Gasteiger charge is -2.17. The molecule has 0 amide bonds. The number of rotatable bonds is 7. The normalized spacial score (nSPS) is 11.8. The Bertz CT molecular complexity index is 1020. The molecule has 152 valence electrons. The van der Waals surface area contributed by atoms with E-state index in [9.17, 15) is 13.2 Å². The van der Waals surface area contributed by atoms with Gasteiger partial charge in [-0.2, -0.15) is 18.3 Å². The minimum absolute atomic E-state index is 0.386. The first-order valence-corrected chi connectivity index (χ1v) is 9.24. The van der Waals surface area contributed by atoms with Crippen LogP contribution in [0.25, 0.3) is 11.4 Å². The first-order chi connectivity index (χ1) is 13.8. The molecular formula is C20H20F3N5S. The van der Waals surface area contributed by atoms with Gasteiger partial charge in [0.05, 0.1) is 12.2 Å². The van der Waals surface area contributed by atoms with Crippen LogP contribution < -0.4 is 0 Å². The Morgan fingerprint density at radius 1 is 1.21 bits per heavy atom. The highest BCUT2D eigenvalue weighted by molar-refractivity contribution is 7.71. The van der Waals surface area contributed by atoms with Gasteiger partial charge in [-0.3, -0.25) is 14.5 Å². The van der Waals surface area contributed by atoms with Gasteiger partial charge in [0.25, 0.3) is 0 Å². The fourth-order valence-corrected chi connectivity index (χ4v) is 3.18. The van der Waals surface area contributed by atoms with Gasteiger partial charge in [-0.05, 0) is 49.1 Å². The summed E-state index contributed by atoms with van der Waals surface area (Å²) >= 11 is 5.56. The van der Waals surface area contributed by atoms with Gasteiger partial charge >= 0.3 is 6.18 Å². The summed E-state index contributed by atoms with van der Waals surface area (Å²) in [5.74, 6) is 0.686. The monoisotopic (exact) mass is 419 g/mol. The largest absolute Gasteiger partial charge is 0.416 e. The van der Waals surface area contributed by atoms with E-state index in [0.717, 1.165) is 23.3 Å². The van der Waals surface area contributed by atoms with Crippen LogP contribution in [0.2, 0.25) is 0 Å². The fourth-order valence-electron chi connectivity index (χ4n) is 2.92. The molecule has 0 radical (unpaired) electrons. The number of aromatic nitrogens is 4. The van der Waals surface area contributed by atoms with E-state index in [1.165, 1.54) is 12.1 Å². The van der Waals surface area contributed by atoms with E-state index in [-0.39, 0.29) is 0 Å². The Morgan fingerprint density at radius 2 is 1.93 bits per heavy atom. The molecule has 0 aliphatic carbocycles. The van der Waals surface area contributed by atoms with E-state index in [2.05, 4.69) is 16.7 Å². The van der Waals surface area contributed by atoms with Crippen molar-refractivity contribution >= 4 is 12.2 Å². The van der Waals surface area contributed by atoms with Crippen LogP contribution >= 0.6 is 12.2 Å². The molecule has 0 fully saturated rings. The van der Waals surface area contributed by atoms with Crippen LogP contribution in [0.1, 0.15) is 11.1 Å². The van der Waals surface area contributed by atoms with E-state index >= 15 is 0 Å². The van der Waals surface area contributed by atoms with Crippen LogP contribution in [-0.2, 0) is 25.9 Å². The van der Waals surface area contributed by atoms with Crippen molar-refractivity contribution in [2.75, 3.05) is 7.05 Å². The Morgan fingerprint density at radius 3 is 2.52 bits per heavy atom. The summed E-state index contributed by atoms with van der Waals surface area (Å²) in [6.45, 7) is 5.12. The van der Waals surface area contributed by atoms with Crippen molar-refractivity contribution in [1.29, 1.82) is 0 Å². The molecule has 0 unspecified atom stereocenters. The van der Waals surface area contributed by atoms with E-state index < -0.39 is 11.7 Å². The van der Waals surface area contributed by atoms with Gasteiger partial charge in [0.1, 0.15) is 0 Å². The minimum Gasteiger partial charge on any atom is -0.296 e. The molecule has 5 nitrogen and oxygen atoms in total. The molecule has 2 aromatic heterocycles. The second kappa shape index (κ2) is 8.71. The van der Waals surface area contributed by atoms with Crippen LogP contribution in [-0.4, -0.2) is 31.3 Å². The van der Waals surface area contributed by atoms with Gasteiger partial charge in [-0.25, -0.2) is 4.68 Å². The number of nitrogens with zero attached hydrogens (tertiary/aromatic N) is 5. The number of pyridine rings is 1. The fraction of sp³-hybridized carbons (Fsp3) is 0.250. The second-order valence-corrected chi connectivity index (χ2v) is 6.96. The van der Waals surface area contributed by atoms with Gasteiger partial charge in [-0.1, -0.05) is 18.2 Å². The lowest BCUT2D eigenvalue weighted by molar-refractivity contribution is -0.137. The second-order valence-electron chi connectivity index (χ2n) is 6.60. The van der Waals surface area contributed by atoms with E-state index in [4.69, 9.17) is 12.2 Å². The molecule has 0 aliphatic rings. The molecular weight excluding hydrogens is 399 g/mol. The summed E-state index contributed by atoms with van der Waals surface area (Å²) in [6, 6.07) is 8.88. The predicted molar refractivity (Wildman–Crippen MR) is 107 cm³/mol. The number of allylic oxidation sites excluding steroid dienone is 1. The van der Waals surface area contributed by atoms with E-state index in [1.807, 2.05) is 28.6 Å². The molecule has 0 N–H and O–H groups in total. The Kier molecular flexibility index (Phi) is 6.29. The van der Waals surface area contributed by atoms with Crippen molar-refractivity contribution in [3.8, 4) is 11.4 Å². The smallest absolute Gasteiger partial charge is 0.296 e.